The lowest BCUT2D eigenvalue weighted by atomic mass is 10.0. The van der Waals surface area contributed by atoms with Crippen LogP contribution in [0.5, 0.6) is 0 Å². The minimum absolute atomic E-state index is 0.114. The molecule has 7 nitrogen and oxygen atoms in total. The maximum Gasteiger partial charge on any atom is 0.433 e. The zero-order valence-corrected chi connectivity index (χ0v) is 18.0. The Morgan fingerprint density at radius 2 is 1.94 bits per heavy atom. The number of hydrogen-bond donors (Lipinski definition) is 1. The lowest BCUT2D eigenvalue weighted by Gasteiger charge is -2.33. The second kappa shape index (κ2) is 8.85. The summed E-state index contributed by atoms with van der Waals surface area (Å²) >= 11 is 0. The third-order valence-corrected chi connectivity index (χ3v) is 5.78. The number of aromatic nitrogens is 4. The van der Waals surface area contributed by atoms with Crippen molar-refractivity contribution in [1.82, 2.24) is 29.8 Å². The van der Waals surface area contributed by atoms with Gasteiger partial charge in [0, 0.05) is 24.7 Å². The van der Waals surface area contributed by atoms with Crippen molar-refractivity contribution in [1.29, 1.82) is 0 Å². The number of fused-ring (bicyclic) bond motifs is 1. The van der Waals surface area contributed by atoms with Gasteiger partial charge in [-0.3, -0.25) is 9.69 Å². The maximum absolute atomic E-state index is 13.7. The van der Waals surface area contributed by atoms with E-state index >= 15 is 0 Å². The molecule has 0 aliphatic carbocycles. The number of amides is 1. The molecular weight excluding hydrogens is 421 g/mol. The number of nitrogens with one attached hydrogen (secondary N) is 1. The molecule has 0 spiro atoms. The van der Waals surface area contributed by atoms with Gasteiger partial charge in [-0.2, -0.15) is 22.7 Å². The highest BCUT2D eigenvalue weighted by Crippen LogP contribution is 2.32. The summed E-state index contributed by atoms with van der Waals surface area (Å²) in [7, 11) is 0. The summed E-state index contributed by atoms with van der Waals surface area (Å²) in [6, 6.07) is 8.35. The SMILES string of the molecule is Cc1ccc(-c2cc(C(F)(F)F)n3nc(C(=O)NCCN4CCCCC4C)nc3n2)cc1. The molecule has 170 valence electrons. The molecule has 0 radical (unpaired) electrons. The second-order valence-corrected chi connectivity index (χ2v) is 8.17. The first-order chi connectivity index (χ1) is 15.2. The van der Waals surface area contributed by atoms with E-state index in [9.17, 15) is 18.0 Å². The molecule has 1 fully saturated rings. The molecule has 0 bridgehead atoms. The number of nitrogens with zero attached hydrogens (tertiary/aromatic N) is 5. The van der Waals surface area contributed by atoms with Crippen molar-refractivity contribution in [3.05, 3.63) is 47.4 Å². The predicted octanol–water partition coefficient (Wildman–Crippen LogP) is 3.72. The average Bonchev–Trinajstić information content (AvgIpc) is 3.18. The molecule has 0 saturated carbocycles. The number of aryl methyl sites for hydroxylation is 1. The van der Waals surface area contributed by atoms with E-state index < -0.39 is 17.8 Å². The first-order valence-electron chi connectivity index (χ1n) is 10.7. The molecule has 10 heteroatoms. The maximum atomic E-state index is 13.7. The minimum atomic E-state index is -4.69. The van der Waals surface area contributed by atoms with Gasteiger partial charge in [0.05, 0.1) is 5.69 Å². The summed E-state index contributed by atoms with van der Waals surface area (Å²) in [6.07, 6.45) is -1.24. The number of carbonyl (C=O) groups excluding carboxylic acids is 1. The lowest BCUT2D eigenvalue weighted by molar-refractivity contribution is -0.142. The molecule has 1 atom stereocenters. The smallest absolute Gasteiger partial charge is 0.348 e. The Hall–Kier alpha value is -3.01. The van der Waals surface area contributed by atoms with E-state index in [-0.39, 0.29) is 17.3 Å². The predicted molar refractivity (Wildman–Crippen MR) is 113 cm³/mol. The standard InChI is InChI=1S/C22H25F3N6O/c1-14-6-8-16(9-7-14)17-13-18(22(23,24)25)31-21(27-17)28-19(29-31)20(32)26-10-12-30-11-4-3-5-15(30)2/h6-9,13,15H,3-5,10-12H2,1-2H3,(H,26,32). The van der Waals surface area contributed by atoms with Crippen LogP contribution >= 0.6 is 0 Å². The number of rotatable bonds is 5. The molecule has 4 rings (SSSR count). The Morgan fingerprint density at radius 3 is 2.62 bits per heavy atom. The fourth-order valence-electron chi connectivity index (χ4n) is 3.92. The van der Waals surface area contributed by atoms with E-state index in [0.717, 1.165) is 31.0 Å². The van der Waals surface area contributed by atoms with E-state index in [4.69, 9.17) is 0 Å². The molecule has 1 aromatic carbocycles. The summed E-state index contributed by atoms with van der Waals surface area (Å²) < 4.78 is 41.7. The Labute approximate surface area is 183 Å². The second-order valence-electron chi connectivity index (χ2n) is 8.17. The molecule has 1 aliphatic heterocycles. The van der Waals surface area contributed by atoms with Crippen LogP contribution in [-0.2, 0) is 6.18 Å². The third kappa shape index (κ3) is 4.74. The number of benzene rings is 1. The topological polar surface area (TPSA) is 75.4 Å². The van der Waals surface area contributed by atoms with Crippen LogP contribution in [0, 0.1) is 6.92 Å². The molecule has 1 saturated heterocycles. The molecule has 1 N–H and O–H groups in total. The lowest BCUT2D eigenvalue weighted by Crippen LogP contribution is -2.42. The zero-order chi connectivity index (χ0) is 22.9. The van der Waals surface area contributed by atoms with Crippen LogP contribution in [0.1, 0.15) is 48.1 Å². The van der Waals surface area contributed by atoms with Crippen molar-refractivity contribution in [3.63, 3.8) is 0 Å². The van der Waals surface area contributed by atoms with Gasteiger partial charge in [0.25, 0.3) is 11.7 Å². The molecule has 1 aliphatic rings. The fourth-order valence-corrected chi connectivity index (χ4v) is 3.92. The molecule has 1 amide bonds. The normalized spacial score (nSPS) is 17.6. The van der Waals surface area contributed by atoms with E-state index in [0.29, 0.717) is 29.2 Å². The third-order valence-electron chi connectivity index (χ3n) is 5.78. The number of alkyl halides is 3. The summed E-state index contributed by atoms with van der Waals surface area (Å²) in [4.78, 5) is 23.0. The molecule has 2 aromatic heterocycles. The highest BCUT2D eigenvalue weighted by Gasteiger charge is 2.36. The quantitative estimate of drug-likeness (QED) is 0.647. The van der Waals surface area contributed by atoms with Crippen molar-refractivity contribution in [3.8, 4) is 11.3 Å². The molecule has 1 unspecified atom stereocenters. The summed E-state index contributed by atoms with van der Waals surface area (Å²) in [5.41, 5.74) is 0.578. The van der Waals surface area contributed by atoms with Gasteiger partial charge in [0.2, 0.25) is 5.82 Å². The number of carbonyl (C=O) groups is 1. The van der Waals surface area contributed by atoms with Crippen molar-refractivity contribution >= 4 is 11.7 Å². The number of piperidine rings is 1. The Balaban J connectivity index is 1.58. The van der Waals surface area contributed by atoms with E-state index in [1.165, 1.54) is 6.42 Å². The highest BCUT2D eigenvalue weighted by molar-refractivity contribution is 5.90. The summed E-state index contributed by atoms with van der Waals surface area (Å²) in [5, 5.41) is 6.52. The van der Waals surface area contributed by atoms with Gasteiger partial charge in [0.15, 0.2) is 5.69 Å². The van der Waals surface area contributed by atoms with Crippen molar-refractivity contribution in [2.45, 2.75) is 45.3 Å². The van der Waals surface area contributed by atoms with Gasteiger partial charge in [0.1, 0.15) is 0 Å². The van der Waals surface area contributed by atoms with Crippen LogP contribution in [0.3, 0.4) is 0 Å². The Bertz CT molecular complexity index is 1110. The first kappa shape index (κ1) is 22.2. The van der Waals surface area contributed by atoms with Gasteiger partial charge in [-0.05, 0) is 39.3 Å². The number of hydrogen-bond acceptors (Lipinski definition) is 5. The zero-order valence-electron chi connectivity index (χ0n) is 18.0. The van der Waals surface area contributed by atoms with Gasteiger partial charge in [-0.1, -0.05) is 36.2 Å². The molecule has 3 aromatic rings. The van der Waals surface area contributed by atoms with Crippen LogP contribution < -0.4 is 5.32 Å². The average molecular weight is 446 g/mol. The summed E-state index contributed by atoms with van der Waals surface area (Å²) in [6.45, 7) is 6.05. The minimum Gasteiger partial charge on any atom is -0.348 e. The van der Waals surface area contributed by atoms with E-state index in [1.54, 1.807) is 24.3 Å². The van der Waals surface area contributed by atoms with Crippen LogP contribution in [0.25, 0.3) is 17.0 Å². The van der Waals surface area contributed by atoms with Gasteiger partial charge in [-0.15, -0.1) is 5.10 Å². The first-order valence-corrected chi connectivity index (χ1v) is 10.7. The molecular formula is C22H25F3N6O. The van der Waals surface area contributed by atoms with Crippen molar-refractivity contribution in [2.24, 2.45) is 0 Å². The van der Waals surface area contributed by atoms with Gasteiger partial charge in [-0.25, -0.2) is 4.98 Å². The molecule has 3 heterocycles. The van der Waals surface area contributed by atoms with Gasteiger partial charge < -0.3 is 5.32 Å². The Kier molecular flexibility index (Phi) is 6.14. The van der Waals surface area contributed by atoms with Gasteiger partial charge >= 0.3 is 6.18 Å². The number of halogens is 3. The molecule has 32 heavy (non-hydrogen) atoms. The van der Waals surface area contributed by atoms with Crippen molar-refractivity contribution in [2.75, 3.05) is 19.6 Å². The largest absolute Gasteiger partial charge is 0.433 e. The fraction of sp³-hybridized carbons (Fsp3) is 0.455. The van der Waals surface area contributed by atoms with Crippen LogP contribution in [0.15, 0.2) is 30.3 Å². The van der Waals surface area contributed by atoms with Crippen LogP contribution in [-0.4, -0.2) is 56.1 Å². The van der Waals surface area contributed by atoms with Crippen molar-refractivity contribution < 1.29 is 18.0 Å². The summed E-state index contributed by atoms with van der Waals surface area (Å²) in [5.74, 6) is -1.23. The Morgan fingerprint density at radius 1 is 1.19 bits per heavy atom. The number of likely N-dealkylation sites (tertiary alicyclic amines) is 1. The highest BCUT2D eigenvalue weighted by atomic mass is 19.4. The van der Waals surface area contributed by atoms with E-state index in [2.05, 4.69) is 32.2 Å². The van der Waals surface area contributed by atoms with E-state index in [1.807, 2.05) is 6.92 Å². The van der Waals surface area contributed by atoms with Crippen LogP contribution in [0.4, 0.5) is 13.2 Å². The van der Waals surface area contributed by atoms with Crippen LogP contribution in [0.2, 0.25) is 0 Å². The monoisotopic (exact) mass is 446 g/mol.